The van der Waals surface area contributed by atoms with E-state index < -0.39 is 0 Å². The van der Waals surface area contributed by atoms with Gasteiger partial charge in [0.2, 0.25) is 0 Å². The molecule has 0 amide bonds. The van der Waals surface area contributed by atoms with Gasteiger partial charge in [-0.1, -0.05) is 29.8 Å². The molecule has 0 N–H and O–H groups in total. The molecule has 3 heteroatoms. The predicted molar refractivity (Wildman–Crippen MR) is 74.9 cm³/mol. The van der Waals surface area contributed by atoms with Crippen LogP contribution in [0.1, 0.15) is 22.1 Å². The highest BCUT2D eigenvalue weighted by molar-refractivity contribution is 6.30. The fourth-order valence-corrected chi connectivity index (χ4v) is 2.61. The first-order valence-electron chi connectivity index (χ1n) is 5.71. The van der Waals surface area contributed by atoms with Gasteiger partial charge in [0.05, 0.1) is 5.38 Å². The molecule has 2 aromatic carbocycles. The van der Waals surface area contributed by atoms with E-state index >= 15 is 0 Å². The lowest BCUT2D eigenvalue weighted by Crippen LogP contribution is -1.99. The lowest BCUT2D eigenvalue weighted by atomic mass is 10.00. The standard InChI is InChI=1S/C15H13Cl2F/c1-10-7-13(18)5-6-14(10)15(17)9-11-3-2-4-12(16)8-11/h2-8,15H,9H2,1H3. The maximum absolute atomic E-state index is 13.0. The van der Waals surface area contributed by atoms with Crippen LogP contribution >= 0.6 is 23.2 Å². The Labute approximate surface area is 116 Å². The van der Waals surface area contributed by atoms with E-state index in [1.807, 2.05) is 31.2 Å². The van der Waals surface area contributed by atoms with Crippen LogP contribution in [0.4, 0.5) is 4.39 Å². The third kappa shape index (κ3) is 3.24. The van der Waals surface area contributed by atoms with Crippen LogP contribution in [0.5, 0.6) is 0 Å². The van der Waals surface area contributed by atoms with Gasteiger partial charge in [-0.3, -0.25) is 0 Å². The van der Waals surface area contributed by atoms with Crippen LogP contribution in [0.2, 0.25) is 5.02 Å². The molecule has 0 spiro atoms. The van der Waals surface area contributed by atoms with Gasteiger partial charge in [0.15, 0.2) is 0 Å². The molecule has 0 saturated heterocycles. The van der Waals surface area contributed by atoms with Gasteiger partial charge in [-0.25, -0.2) is 4.39 Å². The van der Waals surface area contributed by atoms with Gasteiger partial charge in [-0.05, 0) is 54.3 Å². The number of alkyl halides is 1. The maximum Gasteiger partial charge on any atom is 0.123 e. The lowest BCUT2D eigenvalue weighted by Gasteiger charge is -2.13. The Balaban J connectivity index is 2.19. The van der Waals surface area contributed by atoms with E-state index in [2.05, 4.69) is 0 Å². The van der Waals surface area contributed by atoms with Gasteiger partial charge in [0.1, 0.15) is 5.82 Å². The van der Waals surface area contributed by atoms with Crippen molar-refractivity contribution < 1.29 is 4.39 Å². The van der Waals surface area contributed by atoms with E-state index in [-0.39, 0.29) is 11.2 Å². The third-order valence-electron chi connectivity index (χ3n) is 2.87. The van der Waals surface area contributed by atoms with Crippen molar-refractivity contribution in [3.05, 3.63) is 70.0 Å². The molecule has 0 radical (unpaired) electrons. The van der Waals surface area contributed by atoms with Crippen molar-refractivity contribution in [3.63, 3.8) is 0 Å². The first kappa shape index (κ1) is 13.4. The second-order valence-electron chi connectivity index (χ2n) is 4.30. The minimum atomic E-state index is -0.233. The van der Waals surface area contributed by atoms with Crippen LogP contribution in [0.25, 0.3) is 0 Å². The third-order valence-corrected chi connectivity index (χ3v) is 3.50. The summed E-state index contributed by atoms with van der Waals surface area (Å²) in [6.45, 7) is 1.87. The highest BCUT2D eigenvalue weighted by Crippen LogP contribution is 2.28. The second-order valence-corrected chi connectivity index (χ2v) is 5.27. The molecule has 94 valence electrons. The predicted octanol–water partition coefficient (Wildman–Crippen LogP) is 5.31. The zero-order valence-corrected chi connectivity index (χ0v) is 11.5. The Kier molecular flexibility index (Phi) is 4.26. The Morgan fingerprint density at radius 2 is 1.94 bits per heavy atom. The lowest BCUT2D eigenvalue weighted by molar-refractivity contribution is 0.625. The summed E-state index contributed by atoms with van der Waals surface area (Å²) in [5.41, 5.74) is 2.90. The summed E-state index contributed by atoms with van der Waals surface area (Å²) in [4.78, 5) is 0. The van der Waals surface area contributed by atoms with E-state index in [0.29, 0.717) is 11.4 Å². The number of hydrogen-bond acceptors (Lipinski definition) is 0. The van der Waals surface area contributed by atoms with Gasteiger partial charge >= 0.3 is 0 Å². The summed E-state index contributed by atoms with van der Waals surface area (Å²) < 4.78 is 13.0. The second kappa shape index (κ2) is 5.73. The molecule has 2 aromatic rings. The largest absolute Gasteiger partial charge is 0.207 e. The molecular formula is C15H13Cl2F. The van der Waals surface area contributed by atoms with Crippen LogP contribution < -0.4 is 0 Å². The van der Waals surface area contributed by atoms with E-state index in [4.69, 9.17) is 23.2 Å². The number of halogens is 3. The van der Waals surface area contributed by atoms with Crippen molar-refractivity contribution in [2.24, 2.45) is 0 Å². The van der Waals surface area contributed by atoms with Gasteiger partial charge < -0.3 is 0 Å². The molecule has 0 aliphatic carbocycles. The molecule has 0 heterocycles. The number of aryl methyl sites for hydroxylation is 1. The topological polar surface area (TPSA) is 0 Å². The summed E-state index contributed by atoms with van der Waals surface area (Å²) in [6, 6.07) is 12.3. The van der Waals surface area contributed by atoms with Crippen molar-refractivity contribution in [2.75, 3.05) is 0 Å². The molecule has 18 heavy (non-hydrogen) atoms. The monoisotopic (exact) mass is 282 g/mol. The average Bonchev–Trinajstić information content (AvgIpc) is 2.28. The zero-order valence-electron chi connectivity index (χ0n) is 9.96. The van der Waals surface area contributed by atoms with Gasteiger partial charge in [0, 0.05) is 5.02 Å². The number of benzene rings is 2. The molecule has 0 saturated carbocycles. The smallest absolute Gasteiger partial charge is 0.123 e. The normalized spacial score (nSPS) is 12.4. The fourth-order valence-electron chi connectivity index (χ4n) is 1.97. The van der Waals surface area contributed by atoms with Crippen LogP contribution in [-0.4, -0.2) is 0 Å². The Bertz CT molecular complexity index is 552. The van der Waals surface area contributed by atoms with Crippen LogP contribution in [0.3, 0.4) is 0 Å². The van der Waals surface area contributed by atoms with E-state index in [1.165, 1.54) is 12.1 Å². The van der Waals surface area contributed by atoms with Crippen LogP contribution in [0, 0.1) is 12.7 Å². The molecule has 0 fully saturated rings. The highest BCUT2D eigenvalue weighted by atomic mass is 35.5. The summed E-state index contributed by atoms with van der Waals surface area (Å²) >= 11 is 12.3. The Morgan fingerprint density at radius 3 is 2.61 bits per heavy atom. The molecule has 2 rings (SSSR count). The van der Waals surface area contributed by atoms with Crippen LogP contribution in [0.15, 0.2) is 42.5 Å². The van der Waals surface area contributed by atoms with Gasteiger partial charge in [-0.15, -0.1) is 11.6 Å². The highest BCUT2D eigenvalue weighted by Gasteiger charge is 2.12. The summed E-state index contributed by atoms with van der Waals surface area (Å²) in [5, 5.41) is 0.524. The quantitative estimate of drug-likeness (QED) is 0.669. The van der Waals surface area contributed by atoms with Gasteiger partial charge in [0.25, 0.3) is 0 Å². The van der Waals surface area contributed by atoms with Crippen molar-refractivity contribution in [1.29, 1.82) is 0 Å². The summed E-state index contributed by atoms with van der Waals surface area (Å²) in [7, 11) is 0. The van der Waals surface area contributed by atoms with Crippen molar-refractivity contribution >= 4 is 23.2 Å². The fraction of sp³-hybridized carbons (Fsp3) is 0.200. The molecule has 0 nitrogen and oxygen atoms in total. The minimum absolute atomic E-state index is 0.177. The molecule has 0 aliphatic rings. The Morgan fingerprint density at radius 1 is 1.17 bits per heavy atom. The van der Waals surface area contributed by atoms with Crippen molar-refractivity contribution in [3.8, 4) is 0 Å². The number of hydrogen-bond donors (Lipinski definition) is 0. The SMILES string of the molecule is Cc1cc(F)ccc1C(Cl)Cc1cccc(Cl)c1. The molecule has 0 aliphatic heterocycles. The molecule has 1 atom stereocenters. The maximum atomic E-state index is 13.0. The molecule has 1 unspecified atom stereocenters. The van der Waals surface area contributed by atoms with Crippen LogP contribution in [-0.2, 0) is 6.42 Å². The van der Waals surface area contributed by atoms with Gasteiger partial charge in [-0.2, -0.15) is 0 Å². The first-order valence-corrected chi connectivity index (χ1v) is 6.52. The number of rotatable bonds is 3. The van der Waals surface area contributed by atoms with E-state index in [1.54, 1.807) is 6.07 Å². The summed E-state index contributed by atoms with van der Waals surface area (Å²) in [5.74, 6) is -0.233. The zero-order chi connectivity index (χ0) is 13.1. The molecular weight excluding hydrogens is 270 g/mol. The van der Waals surface area contributed by atoms with Crippen molar-refractivity contribution in [1.82, 2.24) is 0 Å². The van der Waals surface area contributed by atoms with E-state index in [0.717, 1.165) is 16.7 Å². The summed E-state index contributed by atoms with van der Waals surface area (Å²) in [6.07, 6.45) is 0.675. The van der Waals surface area contributed by atoms with E-state index in [9.17, 15) is 4.39 Å². The molecule has 0 bridgehead atoms. The average molecular weight is 283 g/mol. The molecule has 0 aromatic heterocycles. The first-order chi connectivity index (χ1) is 8.56. The Hall–Kier alpha value is -1.05. The minimum Gasteiger partial charge on any atom is -0.207 e. The van der Waals surface area contributed by atoms with Crippen molar-refractivity contribution in [2.45, 2.75) is 18.7 Å².